The van der Waals surface area contributed by atoms with Gasteiger partial charge in [0.1, 0.15) is 5.75 Å². The van der Waals surface area contributed by atoms with E-state index in [2.05, 4.69) is 0 Å². The number of nitrogens with two attached hydrogens (primary N) is 1. The van der Waals surface area contributed by atoms with Gasteiger partial charge in [0, 0.05) is 24.3 Å². The van der Waals surface area contributed by atoms with Gasteiger partial charge >= 0.3 is 0 Å². The molecule has 0 aromatic heterocycles. The fraction of sp³-hybridized carbons (Fsp3) is 0.188. The van der Waals surface area contributed by atoms with Crippen LogP contribution in [0, 0.1) is 0 Å². The van der Waals surface area contributed by atoms with Gasteiger partial charge in [-0.2, -0.15) is 0 Å². The molecule has 0 radical (unpaired) electrons. The highest BCUT2D eigenvalue weighted by molar-refractivity contribution is 6.30. The lowest BCUT2D eigenvalue weighted by Gasteiger charge is -2.17. The van der Waals surface area contributed by atoms with Gasteiger partial charge in [-0.3, -0.25) is 4.79 Å². The van der Waals surface area contributed by atoms with Crippen molar-refractivity contribution >= 4 is 23.2 Å². The zero-order chi connectivity index (χ0) is 15.2. The van der Waals surface area contributed by atoms with Crippen LogP contribution in [-0.4, -0.2) is 24.5 Å². The first kappa shape index (κ1) is 15.2. The van der Waals surface area contributed by atoms with Gasteiger partial charge < -0.3 is 15.4 Å². The minimum atomic E-state index is -0.0956. The molecular formula is C16H17ClN2O2. The molecule has 2 N–H and O–H groups in total. The third-order valence-corrected chi connectivity index (χ3v) is 3.25. The minimum Gasteiger partial charge on any atom is -0.484 e. The maximum atomic E-state index is 12.0. The van der Waals surface area contributed by atoms with Gasteiger partial charge in [-0.25, -0.2) is 0 Å². The smallest absolute Gasteiger partial charge is 0.260 e. The number of rotatable bonds is 5. The molecule has 0 aliphatic carbocycles. The predicted octanol–water partition coefficient (Wildman–Crippen LogP) is 2.96. The largest absolute Gasteiger partial charge is 0.484 e. The van der Waals surface area contributed by atoms with Gasteiger partial charge in [-0.05, 0) is 42.0 Å². The molecule has 0 spiro atoms. The zero-order valence-electron chi connectivity index (χ0n) is 11.8. The molecule has 0 fully saturated rings. The van der Waals surface area contributed by atoms with Gasteiger partial charge in [0.25, 0.3) is 5.91 Å². The fourth-order valence-corrected chi connectivity index (χ4v) is 1.90. The quantitative estimate of drug-likeness (QED) is 0.864. The number of benzene rings is 2. The van der Waals surface area contributed by atoms with Gasteiger partial charge in [0.2, 0.25) is 0 Å². The van der Waals surface area contributed by atoms with Crippen LogP contribution >= 0.6 is 11.6 Å². The summed E-state index contributed by atoms with van der Waals surface area (Å²) < 4.78 is 5.43. The summed E-state index contributed by atoms with van der Waals surface area (Å²) in [6.45, 7) is 0.509. The Morgan fingerprint density at radius 1 is 1.14 bits per heavy atom. The van der Waals surface area contributed by atoms with E-state index in [1.807, 2.05) is 12.1 Å². The van der Waals surface area contributed by atoms with Crippen LogP contribution in [0.15, 0.2) is 48.5 Å². The third kappa shape index (κ3) is 4.68. The SMILES string of the molecule is CN(Cc1ccc(Cl)cc1)C(=O)COc1ccc(N)cc1. The van der Waals surface area contributed by atoms with Gasteiger partial charge in [0.05, 0.1) is 0 Å². The van der Waals surface area contributed by atoms with Gasteiger partial charge in [-0.1, -0.05) is 23.7 Å². The molecule has 0 bridgehead atoms. The van der Waals surface area contributed by atoms with Crippen molar-refractivity contribution in [2.24, 2.45) is 0 Å². The second kappa shape index (κ2) is 6.99. The number of carbonyl (C=O) groups is 1. The number of nitrogens with zero attached hydrogens (tertiary/aromatic N) is 1. The first-order valence-electron chi connectivity index (χ1n) is 6.51. The average Bonchev–Trinajstić information content (AvgIpc) is 2.48. The molecule has 1 amide bonds. The van der Waals surface area contributed by atoms with E-state index in [1.165, 1.54) is 0 Å². The van der Waals surface area contributed by atoms with Crippen LogP contribution in [0.4, 0.5) is 5.69 Å². The van der Waals surface area contributed by atoms with Crippen LogP contribution in [0.2, 0.25) is 5.02 Å². The highest BCUT2D eigenvalue weighted by Gasteiger charge is 2.10. The molecule has 110 valence electrons. The molecule has 2 rings (SSSR count). The number of carbonyl (C=O) groups excluding carboxylic acids is 1. The Hall–Kier alpha value is -2.20. The van der Waals surface area contributed by atoms with E-state index in [0.717, 1.165) is 5.56 Å². The van der Waals surface area contributed by atoms with Crippen molar-refractivity contribution in [3.05, 3.63) is 59.1 Å². The molecule has 0 unspecified atom stereocenters. The summed E-state index contributed by atoms with van der Waals surface area (Å²) in [6.07, 6.45) is 0. The number of nitrogen functional groups attached to an aromatic ring is 1. The van der Waals surface area contributed by atoms with Gasteiger partial charge in [0.15, 0.2) is 6.61 Å². The van der Waals surface area contributed by atoms with Crippen molar-refractivity contribution in [1.29, 1.82) is 0 Å². The minimum absolute atomic E-state index is 0.00594. The molecule has 0 aliphatic rings. The lowest BCUT2D eigenvalue weighted by Crippen LogP contribution is -2.30. The Bertz CT molecular complexity index is 597. The molecule has 0 aliphatic heterocycles. The summed E-state index contributed by atoms with van der Waals surface area (Å²) in [5.41, 5.74) is 7.26. The van der Waals surface area contributed by atoms with Crippen LogP contribution < -0.4 is 10.5 Å². The number of hydrogen-bond donors (Lipinski definition) is 1. The Morgan fingerprint density at radius 2 is 1.76 bits per heavy atom. The van der Waals surface area contributed by atoms with E-state index in [-0.39, 0.29) is 12.5 Å². The van der Waals surface area contributed by atoms with Crippen molar-refractivity contribution < 1.29 is 9.53 Å². The normalized spacial score (nSPS) is 10.2. The van der Waals surface area contributed by atoms with Gasteiger partial charge in [-0.15, -0.1) is 0 Å². The summed E-state index contributed by atoms with van der Waals surface area (Å²) >= 11 is 5.83. The van der Waals surface area contributed by atoms with Crippen molar-refractivity contribution in [2.75, 3.05) is 19.4 Å². The molecular weight excluding hydrogens is 288 g/mol. The van der Waals surface area contributed by atoms with Crippen molar-refractivity contribution in [3.63, 3.8) is 0 Å². The van der Waals surface area contributed by atoms with Crippen LogP contribution in [0.25, 0.3) is 0 Å². The summed E-state index contributed by atoms with van der Waals surface area (Å²) in [5, 5.41) is 0.680. The molecule has 2 aromatic carbocycles. The van der Waals surface area contributed by atoms with E-state index < -0.39 is 0 Å². The topological polar surface area (TPSA) is 55.6 Å². The Balaban J connectivity index is 1.84. The molecule has 4 nitrogen and oxygen atoms in total. The molecule has 5 heteroatoms. The van der Waals surface area contributed by atoms with E-state index in [0.29, 0.717) is 23.0 Å². The third-order valence-electron chi connectivity index (χ3n) is 3.00. The highest BCUT2D eigenvalue weighted by atomic mass is 35.5. The van der Waals surface area contributed by atoms with Crippen molar-refractivity contribution in [3.8, 4) is 5.75 Å². The summed E-state index contributed by atoms with van der Waals surface area (Å²) in [6, 6.07) is 14.3. The first-order valence-corrected chi connectivity index (χ1v) is 6.89. The fourth-order valence-electron chi connectivity index (χ4n) is 1.77. The second-order valence-electron chi connectivity index (χ2n) is 4.73. The Labute approximate surface area is 129 Å². The molecule has 21 heavy (non-hydrogen) atoms. The van der Waals surface area contributed by atoms with Crippen LogP contribution in [0.5, 0.6) is 5.75 Å². The standard InChI is InChI=1S/C16H17ClN2O2/c1-19(10-12-2-4-13(17)5-3-12)16(20)11-21-15-8-6-14(18)7-9-15/h2-9H,10-11,18H2,1H3. The predicted molar refractivity (Wildman–Crippen MR) is 84.3 cm³/mol. The second-order valence-corrected chi connectivity index (χ2v) is 5.17. The lowest BCUT2D eigenvalue weighted by molar-refractivity contribution is -0.132. The van der Waals surface area contributed by atoms with E-state index >= 15 is 0 Å². The number of likely N-dealkylation sites (N-methyl/N-ethyl adjacent to an activating group) is 1. The summed E-state index contributed by atoms with van der Waals surface area (Å²) in [5.74, 6) is 0.527. The van der Waals surface area contributed by atoms with Crippen LogP contribution in [0.1, 0.15) is 5.56 Å². The average molecular weight is 305 g/mol. The molecule has 0 saturated carbocycles. The number of amides is 1. The monoisotopic (exact) mass is 304 g/mol. The van der Waals surface area contributed by atoms with Crippen molar-refractivity contribution in [2.45, 2.75) is 6.54 Å². The summed E-state index contributed by atoms with van der Waals surface area (Å²) in [7, 11) is 1.74. The van der Waals surface area contributed by atoms with Crippen LogP contribution in [-0.2, 0) is 11.3 Å². The number of ether oxygens (including phenoxy) is 1. The number of halogens is 1. The highest BCUT2D eigenvalue weighted by Crippen LogP contribution is 2.14. The maximum Gasteiger partial charge on any atom is 0.260 e. The Morgan fingerprint density at radius 3 is 2.38 bits per heavy atom. The van der Waals surface area contributed by atoms with Crippen molar-refractivity contribution in [1.82, 2.24) is 4.90 Å². The molecule has 0 saturated heterocycles. The first-order chi connectivity index (χ1) is 10.0. The van der Waals surface area contributed by atoms with E-state index in [4.69, 9.17) is 22.1 Å². The summed E-state index contributed by atoms with van der Waals surface area (Å²) in [4.78, 5) is 13.6. The zero-order valence-corrected chi connectivity index (χ0v) is 12.5. The molecule has 2 aromatic rings. The molecule has 0 heterocycles. The Kier molecular flexibility index (Phi) is 5.06. The maximum absolute atomic E-state index is 12.0. The number of hydrogen-bond acceptors (Lipinski definition) is 3. The lowest BCUT2D eigenvalue weighted by atomic mass is 10.2. The van der Waals surface area contributed by atoms with E-state index in [9.17, 15) is 4.79 Å². The molecule has 0 atom stereocenters. The van der Waals surface area contributed by atoms with Crippen LogP contribution in [0.3, 0.4) is 0 Å². The number of anilines is 1. The van der Waals surface area contributed by atoms with E-state index in [1.54, 1.807) is 48.3 Å².